The molecular weight excluding hydrogens is 267 g/mol. The van der Waals surface area contributed by atoms with Gasteiger partial charge in [-0.2, -0.15) is 0 Å². The van der Waals surface area contributed by atoms with Crippen LogP contribution in [0.15, 0.2) is 18.2 Å². The van der Waals surface area contributed by atoms with E-state index in [1.54, 1.807) is 19.1 Å². The van der Waals surface area contributed by atoms with Crippen LogP contribution in [0.2, 0.25) is 0 Å². The van der Waals surface area contributed by atoms with E-state index in [4.69, 9.17) is 0 Å². The molecule has 1 fully saturated rings. The molecule has 0 spiro atoms. The molecule has 0 aromatic heterocycles. The average molecular weight is 292 g/mol. The van der Waals surface area contributed by atoms with Crippen molar-refractivity contribution in [2.24, 2.45) is 0 Å². The first-order valence-corrected chi connectivity index (χ1v) is 7.90. The minimum absolute atomic E-state index is 0.00678. The van der Waals surface area contributed by atoms with Crippen LogP contribution in [0.4, 0.5) is 4.39 Å². The monoisotopic (exact) mass is 292 g/mol. The molecule has 4 heteroatoms. The molecule has 116 valence electrons. The number of nitrogens with one attached hydrogen (secondary N) is 1. The second-order valence-electron chi connectivity index (χ2n) is 5.86. The quantitative estimate of drug-likeness (QED) is 0.904. The predicted octanol–water partition coefficient (Wildman–Crippen LogP) is 3.13. The lowest BCUT2D eigenvalue weighted by Gasteiger charge is -2.30. The molecule has 1 aromatic rings. The van der Waals surface area contributed by atoms with Crippen molar-refractivity contribution in [1.82, 2.24) is 10.2 Å². The van der Waals surface area contributed by atoms with Crippen LogP contribution in [0, 0.1) is 12.7 Å². The lowest BCUT2D eigenvalue weighted by molar-refractivity contribution is 0.0731. The highest BCUT2D eigenvalue weighted by molar-refractivity contribution is 5.94. The second-order valence-corrected chi connectivity index (χ2v) is 5.86. The zero-order valence-electron chi connectivity index (χ0n) is 13.0. The predicted molar refractivity (Wildman–Crippen MR) is 83.0 cm³/mol. The molecule has 1 unspecified atom stereocenters. The first-order valence-electron chi connectivity index (χ1n) is 7.90. The number of carbonyl (C=O) groups excluding carboxylic acids is 1. The fraction of sp³-hybridized carbons (Fsp3) is 0.588. The third-order valence-electron chi connectivity index (χ3n) is 4.04. The maximum absolute atomic E-state index is 13.3. The minimum Gasteiger partial charge on any atom is -0.337 e. The summed E-state index contributed by atoms with van der Waals surface area (Å²) >= 11 is 0. The fourth-order valence-corrected chi connectivity index (χ4v) is 2.85. The van der Waals surface area contributed by atoms with E-state index in [1.807, 2.05) is 4.90 Å². The van der Waals surface area contributed by atoms with Crippen molar-refractivity contribution in [3.63, 3.8) is 0 Å². The second kappa shape index (κ2) is 7.55. The van der Waals surface area contributed by atoms with Crippen molar-refractivity contribution in [3.8, 4) is 0 Å². The molecular formula is C17H25FN2O. The largest absolute Gasteiger partial charge is 0.337 e. The number of nitrogens with zero attached hydrogens (tertiary/aromatic N) is 1. The van der Waals surface area contributed by atoms with Gasteiger partial charge in [-0.05, 0) is 56.5 Å². The smallest absolute Gasteiger partial charge is 0.253 e. The van der Waals surface area contributed by atoms with E-state index in [9.17, 15) is 9.18 Å². The lowest BCUT2D eigenvalue weighted by Crippen LogP contribution is -2.46. The Hall–Kier alpha value is -1.42. The maximum Gasteiger partial charge on any atom is 0.253 e. The van der Waals surface area contributed by atoms with Crippen LogP contribution in [0.25, 0.3) is 0 Å². The topological polar surface area (TPSA) is 32.3 Å². The Morgan fingerprint density at radius 3 is 2.86 bits per heavy atom. The molecule has 1 atom stereocenters. The van der Waals surface area contributed by atoms with Crippen molar-refractivity contribution in [3.05, 3.63) is 35.1 Å². The van der Waals surface area contributed by atoms with Gasteiger partial charge in [0.15, 0.2) is 0 Å². The van der Waals surface area contributed by atoms with Crippen LogP contribution in [0.1, 0.15) is 48.5 Å². The Labute approximate surface area is 126 Å². The first-order chi connectivity index (χ1) is 10.1. The van der Waals surface area contributed by atoms with E-state index < -0.39 is 0 Å². The van der Waals surface area contributed by atoms with Crippen LogP contribution in [0.3, 0.4) is 0 Å². The Morgan fingerprint density at radius 2 is 2.24 bits per heavy atom. The number of halogens is 1. The molecule has 1 heterocycles. The highest BCUT2D eigenvalue weighted by Crippen LogP contribution is 2.14. The first kappa shape index (κ1) is 16.0. The van der Waals surface area contributed by atoms with E-state index in [-0.39, 0.29) is 11.7 Å². The zero-order chi connectivity index (χ0) is 15.2. The Bertz CT molecular complexity index is 484. The lowest BCUT2D eigenvalue weighted by atomic mass is 10.0. The molecule has 1 saturated heterocycles. The molecule has 0 radical (unpaired) electrons. The number of piperidine rings is 1. The summed E-state index contributed by atoms with van der Waals surface area (Å²) in [5.74, 6) is -0.255. The standard InChI is InChI=1S/C17H25FN2O/c1-3-10-20(12-15-6-4-5-9-19-15)17(21)14-7-8-16(18)13(2)11-14/h7-8,11,15,19H,3-6,9-10,12H2,1-2H3. The summed E-state index contributed by atoms with van der Waals surface area (Å²) in [7, 11) is 0. The fourth-order valence-electron chi connectivity index (χ4n) is 2.85. The summed E-state index contributed by atoms with van der Waals surface area (Å²) in [4.78, 5) is 14.5. The van der Waals surface area contributed by atoms with Gasteiger partial charge in [-0.3, -0.25) is 4.79 Å². The zero-order valence-corrected chi connectivity index (χ0v) is 13.0. The molecule has 0 saturated carbocycles. The molecule has 1 aliphatic rings. The summed E-state index contributed by atoms with van der Waals surface area (Å²) < 4.78 is 13.3. The third kappa shape index (κ3) is 4.27. The summed E-state index contributed by atoms with van der Waals surface area (Å²) in [5.41, 5.74) is 1.10. The van der Waals surface area contributed by atoms with Crippen molar-refractivity contribution >= 4 is 5.91 Å². The van der Waals surface area contributed by atoms with Gasteiger partial charge < -0.3 is 10.2 Å². The average Bonchev–Trinajstić information content (AvgIpc) is 2.50. The van der Waals surface area contributed by atoms with Crippen LogP contribution in [-0.4, -0.2) is 36.5 Å². The molecule has 0 aliphatic carbocycles. The maximum atomic E-state index is 13.3. The van der Waals surface area contributed by atoms with Crippen molar-refractivity contribution < 1.29 is 9.18 Å². The van der Waals surface area contributed by atoms with Crippen LogP contribution < -0.4 is 5.32 Å². The highest BCUT2D eigenvalue weighted by Gasteiger charge is 2.21. The van der Waals surface area contributed by atoms with E-state index in [1.165, 1.54) is 18.9 Å². The summed E-state index contributed by atoms with van der Waals surface area (Å²) in [5, 5.41) is 3.48. The molecule has 1 aliphatic heterocycles. The van der Waals surface area contributed by atoms with E-state index in [0.29, 0.717) is 17.2 Å². The highest BCUT2D eigenvalue weighted by atomic mass is 19.1. The Kier molecular flexibility index (Phi) is 5.74. The minimum atomic E-state index is -0.262. The summed E-state index contributed by atoms with van der Waals surface area (Å²) in [6, 6.07) is 5.00. The number of hydrogen-bond acceptors (Lipinski definition) is 2. The van der Waals surface area contributed by atoms with Crippen LogP contribution >= 0.6 is 0 Å². The van der Waals surface area contributed by atoms with Crippen molar-refractivity contribution in [2.45, 2.75) is 45.6 Å². The van der Waals surface area contributed by atoms with Gasteiger partial charge in [-0.1, -0.05) is 13.3 Å². The van der Waals surface area contributed by atoms with Crippen LogP contribution in [0.5, 0.6) is 0 Å². The summed E-state index contributed by atoms with van der Waals surface area (Å²) in [6.45, 7) is 6.29. The molecule has 1 amide bonds. The third-order valence-corrected chi connectivity index (χ3v) is 4.04. The number of benzene rings is 1. The number of carbonyl (C=O) groups is 1. The van der Waals surface area contributed by atoms with Gasteiger partial charge in [0, 0.05) is 24.7 Å². The molecule has 2 rings (SSSR count). The molecule has 0 bridgehead atoms. The Balaban J connectivity index is 2.08. The number of aryl methyl sites for hydroxylation is 1. The van der Waals surface area contributed by atoms with E-state index >= 15 is 0 Å². The van der Waals surface area contributed by atoms with Gasteiger partial charge in [-0.15, -0.1) is 0 Å². The van der Waals surface area contributed by atoms with Gasteiger partial charge in [0.1, 0.15) is 5.82 Å². The molecule has 21 heavy (non-hydrogen) atoms. The SMILES string of the molecule is CCCN(CC1CCCCN1)C(=O)c1ccc(F)c(C)c1. The number of rotatable bonds is 5. The number of amides is 1. The van der Waals surface area contributed by atoms with Gasteiger partial charge in [0.2, 0.25) is 0 Å². The summed E-state index contributed by atoms with van der Waals surface area (Å²) in [6.07, 6.45) is 4.49. The van der Waals surface area contributed by atoms with E-state index in [2.05, 4.69) is 12.2 Å². The molecule has 3 nitrogen and oxygen atoms in total. The van der Waals surface area contributed by atoms with Crippen molar-refractivity contribution in [2.75, 3.05) is 19.6 Å². The van der Waals surface area contributed by atoms with E-state index in [0.717, 1.165) is 32.5 Å². The van der Waals surface area contributed by atoms with Gasteiger partial charge in [0.25, 0.3) is 5.91 Å². The van der Waals surface area contributed by atoms with Gasteiger partial charge in [-0.25, -0.2) is 4.39 Å². The van der Waals surface area contributed by atoms with Gasteiger partial charge >= 0.3 is 0 Å². The Morgan fingerprint density at radius 1 is 1.43 bits per heavy atom. The molecule has 1 N–H and O–H groups in total. The van der Waals surface area contributed by atoms with Crippen molar-refractivity contribution in [1.29, 1.82) is 0 Å². The molecule has 1 aromatic carbocycles. The van der Waals surface area contributed by atoms with Gasteiger partial charge in [0.05, 0.1) is 0 Å². The van der Waals surface area contributed by atoms with Crippen LogP contribution in [-0.2, 0) is 0 Å². The normalized spacial score (nSPS) is 18.5. The number of hydrogen-bond donors (Lipinski definition) is 1.